The number of hydrogen-bond acceptors (Lipinski definition) is 6. The first-order chi connectivity index (χ1) is 12.6. The smallest absolute Gasteiger partial charge is 0.180 e. The second-order valence-electron chi connectivity index (χ2n) is 7.10. The van der Waals surface area contributed by atoms with E-state index in [1.165, 1.54) is 0 Å². The van der Waals surface area contributed by atoms with Gasteiger partial charge in [-0.2, -0.15) is 0 Å². The first-order valence-corrected chi connectivity index (χ1v) is 9.43. The molecule has 0 aromatic carbocycles. The van der Waals surface area contributed by atoms with Gasteiger partial charge in [-0.3, -0.25) is 4.98 Å². The molecule has 0 amide bonds. The molecule has 6 nitrogen and oxygen atoms in total. The molecule has 3 unspecified atom stereocenters. The highest BCUT2D eigenvalue weighted by molar-refractivity contribution is 5.57. The van der Waals surface area contributed by atoms with Gasteiger partial charge >= 0.3 is 0 Å². The summed E-state index contributed by atoms with van der Waals surface area (Å²) in [6, 6.07) is 6.00. The van der Waals surface area contributed by atoms with Crippen LogP contribution in [0.1, 0.15) is 37.4 Å². The van der Waals surface area contributed by atoms with E-state index in [4.69, 9.17) is 14.5 Å². The van der Waals surface area contributed by atoms with Gasteiger partial charge in [0, 0.05) is 30.7 Å². The zero-order chi connectivity index (χ0) is 18.1. The van der Waals surface area contributed by atoms with Crippen LogP contribution in [0.5, 0.6) is 0 Å². The van der Waals surface area contributed by atoms with E-state index in [-0.39, 0.29) is 17.7 Å². The predicted molar refractivity (Wildman–Crippen MR) is 100 cm³/mol. The van der Waals surface area contributed by atoms with Crippen LogP contribution in [0.2, 0.25) is 0 Å². The van der Waals surface area contributed by atoms with Crippen molar-refractivity contribution in [2.45, 2.75) is 57.8 Å². The van der Waals surface area contributed by atoms with Crippen LogP contribution >= 0.6 is 0 Å². The zero-order valence-corrected chi connectivity index (χ0v) is 15.7. The third-order valence-electron chi connectivity index (χ3n) is 5.63. The van der Waals surface area contributed by atoms with Gasteiger partial charge in [0.1, 0.15) is 17.1 Å². The number of rotatable bonds is 5. The van der Waals surface area contributed by atoms with Gasteiger partial charge in [-0.25, -0.2) is 9.97 Å². The molecule has 0 bridgehead atoms. The quantitative estimate of drug-likeness (QED) is 0.888. The molecule has 1 N–H and O–H groups in total. The van der Waals surface area contributed by atoms with Crippen molar-refractivity contribution in [3.8, 4) is 11.5 Å². The van der Waals surface area contributed by atoms with Crippen LogP contribution in [-0.2, 0) is 9.47 Å². The van der Waals surface area contributed by atoms with Crippen molar-refractivity contribution in [1.82, 2.24) is 15.0 Å². The molecule has 4 rings (SSSR count). The Hall–Kier alpha value is -2.05. The molecule has 2 aromatic rings. The second-order valence-corrected chi connectivity index (χ2v) is 7.10. The molecule has 3 atom stereocenters. The molecular formula is C20H26N4O2. The molecule has 0 radical (unpaired) electrons. The van der Waals surface area contributed by atoms with Crippen LogP contribution < -0.4 is 5.32 Å². The van der Waals surface area contributed by atoms with Crippen LogP contribution in [0.4, 0.5) is 5.82 Å². The molecule has 1 aliphatic carbocycles. The molecule has 3 heterocycles. The van der Waals surface area contributed by atoms with E-state index in [1.807, 2.05) is 32.0 Å². The van der Waals surface area contributed by atoms with Crippen molar-refractivity contribution in [2.75, 3.05) is 18.5 Å². The minimum Gasteiger partial charge on any atom is -0.375 e. The maximum atomic E-state index is 6.17. The standard InChI is InChI=1S/C20H26N4O2/c1-4-25-17-12-16(20(17)9-7-11-26-20)23-18-13(2)14(3)22-19(24-18)15-8-5-6-10-21-15/h5-6,8,10,16-17H,4,7,9,11-12H2,1-3H3,(H,22,23,24). The normalized spacial score (nSPS) is 27.5. The van der Waals surface area contributed by atoms with Gasteiger partial charge in [0.25, 0.3) is 0 Å². The van der Waals surface area contributed by atoms with Crippen molar-refractivity contribution in [3.63, 3.8) is 0 Å². The number of hydrogen-bond donors (Lipinski definition) is 1. The van der Waals surface area contributed by atoms with Crippen LogP contribution in [0, 0.1) is 13.8 Å². The number of nitrogens with one attached hydrogen (secondary N) is 1. The zero-order valence-electron chi connectivity index (χ0n) is 15.7. The second kappa shape index (κ2) is 6.93. The lowest BCUT2D eigenvalue weighted by atomic mass is 9.70. The average Bonchev–Trinajstić information content (AvgIpc) is 3.18. The number of anilines is 1. The van der Waals surface area contributed by atoms with Crippen molar-refractivity contribution in [2.24, 2.45) is 0 Å². The van der Waals surface area contributed by atoms with Gasteiger partial charge in [-0.15, -0.1) is 0 Å². The van der Waals surface area contributed by atoms with E-state index in [9.17, 15) is 0 Å². The van der Waals surface area contributed by atoms with E-state index >= 15 is 0 Å². The van der Waals surface area contributed by atoms with Crippen LogP contribution in [-0.4, -0.2) is 45.9 Å². The van der Waals surface area contributed by atoms with Crippen molar-refractivity contribution >= 4 is 5.82 Å². The molecular weight excluding hydrogens is 328 g/mol. The first-order valence-electron chi connectivity index (χ1n) is 9.43. The number of aromatic nitrogens is 3. The fraction of sp³-hybridized carbons (Fsp3) is 0.550. The lowest BCUT2D eigenvalue weighted by Crippen LogP contribution is -2.66. The van der Waals surface area contributed by atoms with E-state index in [1.54, 1.807) is 6.20 Å². The van der Waals surface area contributed by atoms with Crippen LogP contribution in [0.15, 0.2) is 24.4 Å². The number of nitrogens with zero attached hydrogens (tertiary/aromatic N) is 3. The topological polar surface area (TPSA) is 69.2 Å². The Bertz CT molecular complexity index is 775. The molecule has 2 aliphatic rings. The summed E-state index contributed by atoms with van der Waals surface area (Å²) < 4.78 is 12.1. The van der Waals surface area contributed by atoms with Crippen molar-refractivity contribution < 1.29 is 9.47 Å². The Morgan fingerprint density at radius 2 is 2.19 bits per heavy atom. The first kappa shape index (κ1) is 17.4. The number of ether oxygens (including phenoxy) is 2. The molecule has 138 valence electrons. The summed E-state index contributed by atoms with van der Waals surface area (Å²) in [4.78, 5) is 13.8. The Labute approximate surface area is 154 Å². The summed E-state index contributed by atoms with van der Waals surface area (Å²) in [5, 5.41) is 3.63. The van der Waals surface area contributed by atoms with E-state index in [0.717, 1.165) is 55.2 Å². The Balaban J connectivity index is 1.61. The Kier molecular flexibility index (Phi) is 4.63. The van der Waals surface area contributed by atoms with Gasteiger partial charge in [0.2, 0.25) is 0 Å². The summed E-state index contributed by atoms with van der Waals surface area (Å²) in [6.45, 7) is 7.64. The maximum absolute atomic E-state index is 6.17. The SMILES string of the molecule is CCOC1CC(Nc2nc(-c3ccccn3)nc(C)c2C)C12CCCO2. The molecule has 2 aromatic heterocycles. The average molecular weight is 354 g/mol. The van der Waals surface area contributed by atoms with E-state index in [0.29, 0.717) is 5.82 Å². The third-order valence-corrected chi connectivity index (χ3v) is 5.63. The predicted octanol–water partition coefficient (Wildman–Crippen LogP) is 3.29. The fourth-order valence-electron chi connectivity index (χ4n) is 4.02. The molecule has 26 heavy (non-hydrogen) atoms. The van der Waals surface area contributed by atoms with E-state index < -0.39 is 0 Å². The highest BCUT2D eigenvalue weighted by Crippen LogP contribution is 2.47. The van der Waals surface area contributed by atoms with Crippen molar-refractivity contribution in [3.05, 3.63) is 35.7 Å². The number of pyridine rings is 1. The lowest BCUT2D eigenvalue weighted by Gasteiger charge is -2.52. The van der Waals surface area contributed by atoms with Gasteiger partial charge < -0.3 is 14.8 Å². The van der Waals surface area contributed by atoms with Gasteiger partial charge in [0.05, 0.1) is 12.1 Å². The largest absolute Gasteiger partial charge is 0.375 e. The lowest BCUT2D eigenvalue weighted by molar-refractivity contribution is -0.184. The summed E-state index contributed by atoms with van der Waals surface area (Å²) in [6.07, 6.45) is 5.00. The summed E-state index contributed by atoms with van der Waals surface area (Å²) in [7, 11) is 0. The third kappa shape index (κ3) is 2.87. The van der Waals surface area contributed by atoms with Gasteiger partial charge in [-0.1, -0.05) is 6.07 Å². The van der Waals surface area contributed by atoms with E-state index in [2.05, 4.69) is 22.2 Å². The molecule has 1 saturated carbocycles. The molecule has 1 aliphatic heterocycles. The summed E-state index contributed by atoms with van der Waals surface area (Å²) in [5.74, 6) is 1.52. The minimum atomic E-state index is -0.216. The number of aryl methyl sites for hydroxylation is 1. The van der Waals surface area contributed by atoms with Gasteiger partial charge in [-0.05, 0) is 52.2 Å². The Morgan fingerprint density at radius 3 is 2.88 bits per heavy atom. The summed E-state index contributed by atoms with van der Waals surface area (Å²) in [5.41, 5.74) is 2.60. The minimum absolute atomic E-state index is 0.172. The molecule has 1 spiro atoms. The Morgan fingerprint density at radius 1 is 1.31 bits per heavy atom. The molecule has 1 saturated heterocycles. The molecule has 6 heteroatoms. The molecule has 2 fully saturated rings. The van der Waals surface area contributed by atoms with Crippen LogP contribution in [0.3, 0.4) is 0 Å². The van der Waals surface area contributed by atoms with Gasteiger partial charge in [0.15, 0.2) is 5.82 Å². The van der Waals surface area contributed by atoms with Crippen LogP contribution in [0.25, 0.3) is 11.5 Å². The van der Waals surface area contributed by atoms with Crippen molar-refractivity contribution in [1.29, 1.82) is 0 Å². The monoisotopic (exact) mass is 354 g/mol. The summed E-state index contributed by atoms with van der Waals surface area (Å²) >= 11 is 0. The highest BCUT2D eigenvalue weighted by atomic mass is 16.6. The fourth-order valence-corrected chi connectivity index (χ4v) is 4.02. The highest BCUT2D eigenvalue weighted by Gasteiger charge is 2.59. The maximum Gasteiger partial charge on any atom is 0.180 e.